The summed E-state index contributed by atoms with van der Waals surface area (Å²) < 4.78 is 5.77. The van der Waals surface area contributed by atoms with Gasteiger partial charge >= 0.3 is 0 Å². The third-order valence-electron chi connectivity index (χ3n) is 4.40. The number of H-pyrrole nitrogens is 1. The maximum absolute atomic E-state index is 12.5. The summed E-state index contributed by atoms with van der Waals surface area (Å²) in [6.45, 7) is 3.65. The van der Waals surface area contributed by atoms with E-state index in [4.69, 9.17) is 16.0 Å². The van der Waals surface area contributed by atoms with Crippen molar-refractivity contribution < 1.29 is 9.21 Å². The highest BCUT2D eigenvalue weighted by Crippen LogP contribution is 2.31. The molecule has 4 aromatic rings. The van der Waals surface area contributed by atoms with Gasteiger partial charge in [-0.2, -0.15) is 0 Å². The van der Waals surface area contributed by atoms with E-state index in [1.165, 1.54) is 11.8 Å². The molecule has 0 saturated carbocycles. The summed E-state index contributed by atoms with van der Waals surface area (Å²) in [5.41, 5.74) is 3.35. The van der Waals surface area contributed by atoms with Crippen LogP contribution in [0.4, 0.5) is 5.69 Å². The predicted octanol–water partition coefficient (Wildman–Crippen LogP) is 5.30. The van der Waals surface area contributed by atoms with E-state index < -0.39 is 5.25 Å². The summed E-state index contributed by atoms with van der Waals surface area (Å²) >= 11 is 7.32. The second kappa shape index (κ2) is 7.69. The Bertz CT molecular complexity index is 1150. The van der Waals surface area contributed by atoms with E-state index in [0.717, 1.165) is 22.0 Å². The molecular weight excluding hydrogens is 396 g/mol. The Hall–Kier alpha value is -2.77. The first kappa shape index (κ1) is 18.6. The molecule has 0 aliphatic heterocycles. The van der Waals surface area contributed by atoms with Gasteiger partial charge in [-0.25, -0.2) is 0 Å². The maximum Gasteiger partial charge on any atom is 0.277 e. The molecule has 2 N–H and O–H groups in total. The number of anilines is 1. The fourth-order valence-electron chi connectivity index (χ4n) is 2.80. The molecule has 2 aromatic heterocycles. The van der Waals surface area contributed by atoms with Gasteiger partial charge in [0.25, 0.3) is 11.1 Å². The highest BCUT2D eigenvalue weighted by molar-refractivity contribution is 8.00. The largest absolute Gasteiger partial charge is 0.411 e. The molecule has 0 fully saturated rings. The average molecular weight is 413 g/mol. The molecule has 0 unspecified atom stereocenters. The molecule has 0 spiro atoms. The van der Waals surface area contributed by atoms with Gasteiger partial charge in [0.1, 0.15) is 0 Å². The van der Waals surface area contributed by atoms with Crippen molar-refractivity contribution in [2.75, 3.05) is 5.32 Å². The normalized spacial score (nSPS) is 12.2. The van der Waals surface area contributed by atoms with E-state index in [2.05, 4.69) is 20.5 Å². The predicted molar refractivity (Wildman–Crippen MR) is 112 cm³/mol. The molecule has 2 aromatic carbocycles. The number of hydrogen-bond donors (Lipinski definition) is 2. The highest BCUT2D eigenvalue weighted by atomic mass is 35.5. The number of carbonyl (C=O) groups excluding carboxylic acids is 1. The summed E-state index contributed by atoms with van der Waals surface area (Å²) in [6.07, 6.45) is 1.84. The van der Waals surface area contributed by atoms with Gasteiger partial charge in [0.2, 0.25) is 5.91 Å². The Morgan fingerprint density at radius 1 is 1.21 bits per heavy atom. The van der Waals surface area contributed by atoms with Crippen molar-refractivity contribution in [2.24, 2.45) is 0 Å². The third-order valence-corrected chi connectivity index (χ3v) is 5.74. The van der Waals surface area contributed by atoms with Crippen LogP contribution in [0, 0.1) is 6.92 Å². The minimum absolute atomic E-state index is 0.165. The first-order valence-electron chi connectivity index (χ1n) is 8.65. The van der Waals surface area contributed by atoms with Crippen LogP contribution in [-0.4, -0.2) is 26.3 Å². The topological polar surface area (TPSA) is 83.8 Å². The van der Waals surface area contributed by atoms with Crippen LogP contribution in [0.3, 0.4) is 0 Å². The molecule has 0 aliphatic carbocycles. The van der Waals surface area contributed by atoms with Crippen molar-refractivity contribution in [3.8, 4) is 11.5 Å². The van der Waals surface area contributed by atoms with Gasteiger partial charge in [-0.3, -0.25) is 4.79 Å². The van der Waals surface area contributed by atoms with Crippen molar-refractivity contribution in [3.05, 3.63) is 59.2 Å². The van der Waals surface area contributed by atoms with E-state index in [9.17, 15) is 4.79 Å². The van der Waals surface area contributed by atoms with Gasteiger partial charge in [0.15, 0.2) is 0 Å². The Kier molecular flexibility index (Phi) is 5.11. The summed E-state index contributed by atoms with van der Waals surface area (Å²) in [5.74, 6) is 0.250. The van der Waals surface area contributed by atoms with E-state index in [0.29, 0.717) is 21.8 Å². The van der Waals surface area contributed by atoms with E-state index >= 15 is 0 Å². The fourth-order valence-corrected chi connectivity index (χ4v) is 3.65. The minimum atomic E-state index is -0.422. The zero-order valence-electron chi connectivity index (χ0n) is 15.2. The number of carbonyl (C=O) groups is 1. The molecule has 8 heteroatoms. The summed E-state index contributed by atoms with van der Waals surface area (Å²) in [5, 5.41) is 12.6. The Labute approximate surface area is 170 Å². The van der Waals surface area contributed by atoms with E-state index in [-0.39, 0.29) is 5.91 Å². The zero-order valence-corrected chi connectivity index (χ0v) is 16.8. The first-order chi connectivity index (χ1) is 13.5. The lowest BCUT2D eigenvalue weighted by Crippen LogP contribution is -2.22. The Morgan fingerprint density at radius 2 is 2.04 bits per heavy atom. The molecule has 2 heterocycles. The standard InChI is InChI=1S/C20H17ClN4O2S/c1-11-15(21)7-5-9-16(11)23-18(26)12(2)28-20-25-24-19(27-20)14-10-22-17-8-4-3-6-13(14)17/h3-10,12,22H,1-2H3,(H,23,26)/t12-/m1/s1. The number of amides is 1. The third kappa shape index (κ3) is 3.63. The number of thioether (sulfide) groups is 1. The Morgan fingerprint density at radius 3 is 2.89 bits per heavy atom. The lowest BCUT2D eigenvalue weighted by Gasteiger charge is -2.12. The number of nitrogens with one attached hydrogen (secondary N) is 2. The van der Waals surface area contributed by atoms with Crippen molar-refractivity contribution in [1.29, 1.82) is 0 Å². The van der Waals surface area contributed by atoms with E-state index in [1.54, 1.807) is 19.1 Å². The quantitative estimate of drug-likeness (QED) is 0.434. The van der Waals surface area contributed by atoms with Crippen LogP contribution in [0.15, 0.2) is 58.3 Å². The van der Waals surface area contributed by atoms with Gasteiger partial charge in [-0.15, -0.1) is 10.2 Å². The first-order valence-corrected chi connectivity index (χ1v) is 9.91. The molecular formula is C20H17ClN4O2S. The van der Waals surface area contributed by atoms with Crippen molar-refractivity contribution >= 4 is 45.9 Å². The molecule has 28 heavy (non-hydrogen) atoms. The van der Waals surface area contributed by atoms with Crippen LogP contribution in [0.2, 0.25) is 5.02 Å². The van der Waals surface area contributed by atoms with Crippen molar-refractivity contribution in [3.63, 3.8) is 0 Å². The van der Waals surface area contributed by atoms with Crippen LogP contribution >= 0.6 is 23.4 Å². The lowest BCUT2D eigenvalue weighted by atomic mass is 10.2. The number of para-hydroxylation sites is 1. The lowest BCUT2D eigenvalue weighted by molar-refractivity contribution is -0.115. The molecule has 0 saturated heterocycles. The molecule has 0 radical (unpaired) electrons. The second-order valence-corrected chi connectivity index (χ2v) is 7.98. The average Bonchev–Trinajstić information content (AvgIpc) is 3.32. The minimum Gasteiger partial charge on any atom is -0.411 e. The molecule has 1 amide bonds. The zero-order chi connectivity index (χ0) is 19.7. The number of nitrogens with zero attached hydrogens (tertiary/aromatic N) is 2. The SMILES string of the molecule is Cc1c(Cl)cccc1NC(=O)[C@@H](C)Sc1nnc(-c2c[nH]c3ccccc23)o1. The van der Waals surface area contributed by atoms with E-state index in [1.807, 2.05) is 43.5 Å². The highest BCUT2D eigenvalue weighted by Gasteiger charge is 2.20. The smallest absolute Gasteiger partial charge is 0.277 e. The Balaban J connectivity index is 1.47. The van der Waals surface area contributed by atoms with Crippen molar-refractivity contribution in [1.82, 2.24) is 15.2 Å². The van der Waals surface area contributed by atoms with Gasteiger partial charge in [0.05, 0.1) is 10.8 Å². The number of hydrogen-bond acceptors (Lipinski definition) is 5. The number of halogens is 1. The molecule has 0 bridgehead atoms. The number of fused-ring (bicyclic) bond motifs is 1. The fraction of sp³-hybridized carbons (Fsp3) is 0.150. The summed E-state index contributed by atoms with van der Waals surface area (Å²) in [4.78, 5) is 15.7. The molecule has 4 rings (SSSR count). The van der Waals surface area contributed by atoms with Gasteiger partial charge in [0, 0.05) is 27.8 Å². The summed E-state index contributed by atoms with van der Waals surface area (Å²) in [6, 6.07) is 13.3. The van der Waals surface area contributed by atoms with Gasteiger partial charge in [-0.1, -0.05) is 47.6 Å². The molecule has 6 nitrogen and oxygen atoms in total. The van der Waals surface area contributed by atoms with Crippen LogP contribution < -0.4 is 5.32 Å². The van der Waals surface area contributed by atoms with Crippen LogP contribution in [0.25, 0.3) is 22.4 Å². The van der Waals surface area contributed by atoms with Gasteiger partial charge < -0.3 is 14.7 Å². The monoisotopic (exact) mass is 412 g/mol. The number of rotatable bonds is 5. The van der Waals surface area contributed by atoms with Crippen LogP contribution in [0.1, 0.15) is 12.5 Å². The van der Waals surface area contributed by atoms with Crippen molar-refractivity contribution in [2.45, 2.75) is 24.3 Å². The van der Waals surface area contributed by atoms with Crippen LogP contribution in [-0.2, 0) is 4.79 Å². The number of aromatic nitrogens is 3. The molecule has 1 atom stereocenters. The molecule has 0 aliphatic rings. The number of benzene rings is 2. The molecule has 142 valence electrons. The second-order valence-electron chi connectivity index (χ2n) is 6.28. The van der Waals surface area contributed by atoms with Gasteiger partial charge in [-0.05, 0) is 37.6 Å². The summed E-state index contributed by atoms with van der Waals surface area (Å²) in [7, 11) is 0. The number of aromatic amines is 1. The van der Waals surface area contributed by atoms with Crippen LogP contribution in [0.5, 0.6) is 0 Å². The maximum atomic E-state index is 12.5.